The van der Waals surface area contributed by atoms with Crippen LogP contribution in [-0.4, -0.2) is 41.9 Å². The number of aromatic hydroxyl groups is 1. The highest BCUT2D eigenvalue weighted by atomic mass is 35.5. The van der Waals surface area contributed by atoms with E-state index in [0.29, 0.717) is 28.7 Å². The van der Waals surface area contributed by atoms with Crippen LogP contribution in [0.5, 0.6) is 17.2 Å². The second kappa shape index (κ2) is 13.5. The number of halogens is 2. The fourth-order valence-corrected chi connectivity index (χ4v) is 3.75. The summed E-state index contributed by atoms with van der Waals surface area (Å²) >= 11 is 12.1. The summed E-state index contributed by atoms with van der Waals surface area (Å²) in [5.41, 5.74) is 3.91. The van der Waals surface area contributed by atoms with Crippen molar-refractivity contribution in [1.82, 2.24) is 10.7 Å². The zero-order chi connectivity index (χ0) is 26.8. The van der Waals surface area contributed by atoms with Crippen molar-refractivity contribution in [2.24, 2.45) is 5.10 Å². The Labute approximate surface area is 225 Å². The van der Waals surface area contributed by atoms with Gasteiger partial charge in [0.05, 0.1) is 17.8 Å². The molecule has 37 heavy (non-hydrogen) atoms. The normalized spacial score (nSPS) is 12.5. The van der Waals surface area contributed by atoms with Gasteiger partial charge in [0.15, 0.2) is 17.6 Å². The molecule has 10 heteroatoms. The lowest BCUT2D eigenvalue weighted by atomic mass is 10.1. The molecule has 2 amide bonds. The highest BCUT2D eigenvalue weighted by Crippen LogP contribution is 2.28. The van der Waals surface area contributed by atoms with Crippen LogP contribution in [0, 0.1) is 0 Å². The molecule has 3 aromatic rings. The lowest BCUT2D eigenvalue weighted by Crippen LogP contribution is -2.50. The Balaban J connectivity index is 1.69. The molecule has 0 saturated carbocycles. The topological polar surface area (TPSA) is 109 Å². The molecular formula is C27H27Cl2N3O5. The fourth-order valence-electron chi connectivity index (χ4n) is 3.29. The van der Waals surface area contributed by atoms with Gasteiger partial charge in [0, 0.05) is 11.4 Å². The largest absolute Gasteiger partial charge is 0.504 e. The lowest BCUT2D eigenvalue weighted by molar-refractivity contribution is -0.132. The van der Waals surface area contributed by atoms with Crippen LogP contribution < -0.4 is 20.2 Å². The Kier molecular flexibility index (Phi) is 10.2. The van der Waals surface area contributed by atoms with Crippen LogP contribution in [0.25, 0.3) is 0 Å². The third-order valence-electron chi connectivity index (χ3n) is 5.15. The maximum atomic E-state index is 13.0. The first-order chi connectivity index (χ1) is 17.8. The van der Waals surface area contributed by atoms with E-state index in [2.05, 4.69) is 15.8 Å². The van der Waals surface area contributed by atoms with Crippen molar-refractivity contribution in [3.05, 3.63) is 87.9 Å². The number of nitrogens with one attached hydrogen (secondary N) is 2. The third-order valence-corrected chi connectivity index (χ3v) is 5.69. The fraction of sp³-hybridized carbons (Fsp3) is 0.222. The molecule has 0 bridgehead atoms. The Hall–Kier alpha value is -3.75. The van der Waals surface area contributed by atoms with E-state index in [-0.39, 0.29) is 17.2 Å². The molecule has 0 heterocycles. The van der Waals surface area contributed by atoms with Crippen LogP contribution in [0.4, 0.5) is 0 Å². The molecule has 8 nitrogen and oxygen atoms in total. The third kappa shape index (κ3) is 8.41. The Morgan fingerprint density at radius 2 is 1.78 bits per heavy atom. The summed E-state index contributed by atoms with van der Waals surface area (Å²) in [6.07, 6.45) is 0.702. The van der Waals surface area contributed by atoms with Crippen LogP contribution in [-0.2, 0) is 16.0 Å². The molecule has 2 atom stereocenters. The van der Waals surface area contributed by atoms with Gasteiger partial charge in [-0.15, -0.1) is 0 Å². The number of benzene rings is 3. The molecule has 3 aromatic carbocycles. The molecule has 0 aliphatic rings. The molecule has 0 aliphatic carbocycles. The molecule has 3 N–H and O–H groups in total. The van der Waals surface area contributed by atoms with Crippen LogP contribution in [0.1, 0.15) is 25.0 Å². The number of phenols is 1. The minimum atomic E-state index is -0.942. The van der Waals surface area contributed by atoms with Gasteiger partial charge >= 0.3 is 0 Å². The number of hydrogen-bond acceptors (Lipinski definition) is 6. The van der Waals surface area contributed by atoms with E-state index in [4.69, 9.17) is 32.7 Å². The first kappa shape index (κ1) is 27.8. The summed E-state index contributed by atoms with van der Waals surface area (Å²) in [7, 11) is 0. The standard InChI is InChI=1S/C27H27Cl2N3O5/c1-3-36-25-14-19(9-11-23(25)33)16-30-32-27(35)22(13-18-7-5-4-6-8-18)31-26(34)17(2)37-24-12-10-20(28)15-21(24)29/h4-12,14-17,22,33H,3,13H2,1-2H3,(H,31,34)(H,32,35)/b30-16-/t17-,22-/m1/s1. The average Bonchev–Trinajstić information content (AvgIpc) is 2.87. The molecular weight excluding hydrogens is 517 g/mol. The van der Waals surface area contributed by atoms with Crippen molar-refractivity contribution in [1.29, 1.82) is 0 Å². The first-order valence-electron chi connectivity index (χ1n) is 11.5. The van der Waals surface area contributed by atoms with Gasteiger partial charge in [-0.1, -0.05) is 53.5 Å². The summed E-state index contributed by atoms with van der Waals surface area (Å²) in [5.74, 6) is -0.422. The van der Waals surface area contributed by atoms with E-state index >= 15 is 0 Å². The van der Waals surface area contributed by atoms with Gasteiger partial charge in [0.25, 0.3) is 11.8 Å². The first-order valence-corrected chi connectivity index (χ1v) is 12.3. The molecule has 0 unspecified atom stereocenters. The second-order valence-corrected chi connectivity index (χ2v) is 8.82. The molecule has 0 aliphatic heterocycles. The van der Waals surface area contributed by atoms with E-state index in [1.807, 2.05) is 30.3 Å². The number of hydrazone groups is 1. The van der Waals surface area contributed by atoms with Crippen molar-refractivity contribution in [3.8, 4) is 17.2 Å². The monoisotopic (exact) mass is 543 g/mol. The lowest BCUT2D eigenvalue weighted by Gasteiger charge is -2.21. The number of carbonyl (C=O) groups excluding carboxylic acids is 2. The van der Waals surface area contributed by atoms with Gasteiger partial charge in [-0.05, 0) is 61.4 Å². The molecule has 3 rings (SSSR count). The van der Waals surface area contributed by atoms with Crippen molar-refractivity contribution in [2.45, 2.75) is 32.4 Å². The average molecular weight is 544 g/mol. The number of phenolic OH excluding ortho intramolecular Hbond substituents is 1. The summed E-state index contributed by atoms with van der Waals surface area (Å²) in [4.78, 5) is 25.9. The van der Waals surface area contributed by atoms with Gasteiger partial charge in [-0.25, -0.2) is 5.43 Å². The van der Waals surface area contributed by atoms with E-state index in [9.17, 15) is 14.7 Å². The maximum Gasteiger partial charge on any atom is 0.262 e. The predicted octanol–water partition coefficient (Wildman–Crippen LogP) is 4.74. The van der Waals surface area contributed by atoms with Crippen molar-refractivity contribution in [2.75, 3.05) is 6.61 Å². The number of rotatable bonds is 11. The van der Waals surface area contributed by atoms with Crippen LogP contribution >= 0.6 is 23.2 Å². The van der Waals surface area contributed by atoms with E-state index < -0.39 is 24.0 Å². The van der Waals surface area contributed by atoms with Crippen molar-refractivity contribution in [3.63, 3.8) is 0 Å². The Morgan fingerprint density at radius 1 is 1.03 bits per heavy atom. The van der Waals surface area contributed by atoms with Crippen molar-refractivity contribution >= 4 is 41.2 Å². The molecule has 0 spiro atoms. The Morgan fingerprint density at radius 3 is 2.49 bits per heavy atom. The summed E-state index contributed by atoms with van der Waals surface area (Å²) in [6.45, 7) is 3.74. The van der Waals surface area contributed by atoms with Gasteiger partial charge in [-0.2, -0.15) is 5.10 Å². The summed E-state index contributed by atoms with van der Waals surface area (Å²) in [6, 6.07) is 17.7. The summed E-state index contributed by atoms with van der Waals surface area (Å²) in [5, 5.41) is 17.3. The van der Waals surface area contributed by atoms with E-state index in [0.717, 1.165) is 5.56 Å². The van der Waals surface area contributed by atoms with Gasteiger partial charge < -0.3 is 19.9 Å². The van der Waals surface area contributed by atoms with E-state index in [1.165, 1.54) is 18.3 Å². The zero-order valence-corrected chi connectivity index (χ0v) is 21.8. The van der Waals surface area contributed by atoms with Crippen LogP contribution in [0.2, 0.25) is 10.0 Å². The molecule has 194 valence electrons. The van der Waals surface area contributed by atoms with Gasteiger partial charge in [0.2, 0.25) is 0 Å². The van der Waals surface area contributed by atoms with Gasteiger partial charge in [0.1, 0.15) is 11.8 Å². The SMILES string of the molecule is CCOc1cc(/C=N\NC(=O)[C@@H](Cc2ccccc2)NC(=O)[C@@H](C)Oc2ccc(Cl)cc2Cl)ccc1O. The summed E-state index contributed by atoms with van der Waals surface area (Å²) < 4.78 is 11.0. The van der Waals surface area contributed by atoms with Crippen LogP contribution in [0.3, 0.4) is 0 Å². The number of amides is 2. The number of carbonyl (C=O) groups is 2. The smallest absolute Gasteiger partial charge is 0.262 e. The second-order valence-electron chi connectivity index (χ2n) is 7.98. The van der Waals surface area contributed by atoms with Gasteiger partial charge in [-0.3, -0.25) is 9.59 Å². The highest BCUT2D eigenvalue weighted by molar-refractivity contribution is 6.35. The zero-order valence-electron chi connectivity index (χ0n) is 20.3. The maximum absolute atomic E-state index is 13.0. The van der Waals surface area contributed by atoms with Crippen molar-refractivity contribution < 1.29 is 24.2 Å². The quantitative estimate of drug-likeness (QED) is 0.239. The Bertz CT molecular complexity index is 1250. The minimum absolute atomic E-state index is 0.00454. The van der Waals surface area contributed by atoms with Crippen LogP contribution in [0.15, 0.2) is 71.8 Å². The molecule has 0 fully saturated rings. The number of nitrogens with zero attached hydrogens (tertiary/aromatic N) is 1. The minimum Gasteiger partial charge on any atom is -0.504 e. The molecule has 0 radical (unpaired) electrons. The molecule has 0 aromatic heterocycles. The highest BCUT2D eigenvalue weighted by Gasteiger charge is 2.25. The number of hydrogen-bond donors (Lipinski definition) is 3. The molecule has 0 saturated heterocycles. The predicted molar refractivity (Wildman–Crippen MR) is 144 cm³/mol. The van der Waals surface area contributed by atoms with E-state index in [1.54, 1.807) is 38.1 Å². The number of ether oxygens (including phenoxy) is 2.